The Labute approximate surface area is 197 Å². The number of aryl methyl sites for hydroxylation is 1. The maximum absolute atomic E-state index is 13.4. The van der Waals surface area contributed by atoms with Crippen molar-refractivity contribution in [3.63, 3.8) is 0 Å². The molecule has 0 spiro atoms. The van der Waals surface area contributed by atoms with Gasteiger partial charge in [0.05, 0.1) is 4.92 Å². The number of hydrogen-bond donors (Lipinski definition) is 1. The van der Waals surface area contributed by atoms with Crippen LogP contribution in [0.15, 0.2) is 91.0 Å². The molecule has 1 unspecified atom stereocenters. The molecule has 0 saturated carbocycles. The molecule has 1 atom stereocenters. The molecule has 172 valence electrons. The third kappa shape index (κ3) is 4.60. The van der Waals surface area contributed by atoms with Crippen molar-refractivity contribution >= 4 is 22.5 Å². The van der Waals surface area contributed by atoms with E-state index in [-0.39, 0.29) is 18.2 Å². The molecule has 1 heterocycles. The van der Waals surface area contributed by atoms with Gasteiger partial charge in [0.2, 0.25) is 0 Å². The second-order valence-electron chi connectivity index (χ2n) is 8.13. The first-order valence-electron chi connectivity index (χ1n) is 10.8. The van der Waals surface area contributed by atoms with E-state index in [2.05, 4.69) is 11.6 Å². The van der Waals surface area contributed by atoms with Crippen molar-refractivity contribution in [2.75, 3.05) is 0 Å². The summed E-state index contributed by atoms with van der Waals surface area (Å²) < 4.78 is 0. The van der Waals surface area contributed by atoms with Gasteiger partial charge in [-0.1, -0.05) is 55.1 Å². The average molecular weight is 456 g/mol. The molecule has 0 bridgehead atoms. The molecular formula is C27H25N3O4. The zero-order valence-electron chi connectivity index (χ0n) is 19.0. The Morgan fingerprint density at radius 2 is 1.71 bits per heavy atom. The molecule has 0 aliphatic rings. The van der Waals surface area contributed by atoms with Crippen LogP contribution in [0, 0.1) is 17.0 Å². The van der Waals surface area contributed by atoms with Crippen LogP contribution in [0.5, 0.6) is 0 Å². The summed E-state index contributed by atoms with van der Waals surface area (Å²) in [6, 6.07) is 22.9. The number of hydrogen-bond acceptors (Lipinski definition) is 4. The van der Waals surface area contributed by atoms with Gasteiger partial charge in [0.1, 0.15) is 12.6 Å². The highest BCUT2D eigenvalue weighted by Crippen LogP contribution is 2.38. The fourth-order valence-electron chi connectivity index (χ4n) is 4.01. The molecular weight excluding hydrogens is 430 g/mol. The summed E-state index contributed by atoms with van der Waals surface area (Å²) in [6.45, 7) is 7.59. The number of nitrogens with one attached hydrogen (secondary N) is 1. The third-order valence-electron chi connectivity index (χ3n) is 5.65. The molecule has 1 aromatic heterocycles. The van der Waals surface area contributed by atoms with Gasteiger partial charge in [0.25, 0.3) is 11.6 Å². The number of carbonyl (C=O) groups excluding carboxylic acids is 1. The normalized spacial score (nSPS) is 11.8. The van der Waals surface area contributed by atoms with E-state index in [4.69, 9.17) is 4.84 Å². The van der Waals surface area contributed by atoms with E-state index < -0.39 is 11.0 Å². The van der Waals surface area contributed by atoms with Gasteiger partial charge in [-0.05, 0) is 43.2 Å². The molecule has 7 nitrogen and oxygen atoms in total. The Kier molecular flexibility index (Phi) is 6.56. The molecule has 4 rings (SSSR count). The maximum atomic E-state index is 13.4. The standard InChI is InChI=1S/C27H25N3O4/c1-18(2)27(31)29(34-17-20-9-5-4-6-10-20)26(21-13-15-22(16-14-21)30(32)33)25-19(3)28-24-12-8-7-11-23(24)25/h4-16,26,28H,1,17H2,2-3H3. The Morgan fingerprint density at radius 3 is 2.35 bits per heavy atom. The number of rotatable bonds is 8. The van der Waals surface area contributed by atoms with Crippen LogP contribution in [0.25, 0.3) is 10.9 Å². The minimum Gasteiger partial charge on any atom is -0.358 e. The van der Waals surface area contributed by atoms with Gasteiger partial charge in [-0.2, -0.15) is 0 Å². The number of aromatic amines is 1. The summed E-state index contributed by atoms with van der Waals surface area (Å²) in [4.78, 5) is 33.7. The van der Waals surface area contributed by atoms with Gasteiger partial charge >= 0.3 is 0 Å². The van der Waals surface area contributed by atoms with E-state index in [1.165, 1.54) is 17.2 Å². The third-order valence-corrected chi connectivity index (χ3v) is 5.65. The number of para-hydroxylation sites is 1. The topological polar surface area (TPSA) is 88.5 Å². The molecule has 0 aliphatic heterocycles. The fraction of sp³-hybridized carbons (Fsp3) is 0.148. The zero-order valence-corrected chi connectivity index (χ0v) is 19.0. The number of aromatic nitrogens is 1. The first-order valence-corrected chi connectivity index (χ1v) is 10.8. The summed E-state index contributed by atoms with van der Waals surface area (Å²) in [6.07, 6.45) is 0. The molecule has 3 aromatic carbocycles. The molecule has 0 radical (unpaired) electrons. The molecule has 1 amide bonds. The van der Waals surface area contributed by atoms with Gasteiger partial charge in [-0.15, -0.1) is 0 Å². The number of nitro benzene ring substituents is 1. The van der Waals surface area contributed by atoms with Crippen molar-refractivity contribution < 1.29 is 14.6 Å². The quantitative estimate of drug-likeness (QED) is 0.200. The van der Waals surface area contributed by atoms with E-state index in [1.54, 1.807) is 19.1 Å². The highest BCUT2D eigenvalue weighted by Gasteiger charge is 2.32. The SMILES string of the molecule is C=C(C)C(=O)N(OCc1ccccc1)C(c1ccc([N+](=O)[O-])cc1)c1c(C)[nH]c2ccccc12. The van der Waals surface area contributed by atoms with Crippen LogP contribution in [-0.4, -0.2) is 20.9 Å². The number of nitro groups is 1. The van der Waals surface area contributed by atoms with Crippen LogP contribution in [-0.2, 0) is 16.2 Å². The van der Waals surface area contributed by atoms with Crippen LogP contribution in [0.2, 0.25) is 0 Å². The molecule has 1 N–H and O–H groups in total. The largest absolute Gasteiger partial charge is 0.358 e. The van der Waals surface area contributed by atoms with Gasteiger partial charge in [0, 0.05) is 39.9 Å². The molecule has 0 aliphatic carbocycles. The minimum atomic E-state index is -0.662. The van der Waals surface area contributed by atoms with Gasteiger partial charge < -0.3 is 4.98 Å². The van der Waals surface area contributed by atoms with E-state index in [9.17, 15) is 14.9 Å². The molecule has 7 heteroatoms. The number of non-ortho nitro benzene ring substituents is 1. The van der Waals surface area contributed by atoms with Crippen LogP contribution >= 0.6 is 0 Å². The number of amides is 1. The molecule has 34 heavy (non-hydrogen) atoms. The predicted molar refractivity (Wildman–Crippen MR) is 131 cm³/mol. The van der Waals surface area contributed by atoms with Crippen LogP contribution in [0.3, 0.4) is 0 Å². The van der Waals surface area contributed by atoms with Crippen LogP contribution in [0.1, 0.15) is 35.3 Å². The maximum Gasteiger partial charge on any atom is 0.273 e. The monoisotopic (exact) mass is 455 g/mol. The lowest BCUT2D eigenvalue weighted by molar-refractivity contribution is -0.384. The smallest absolute Gasteiger partial charge is 0.273 e. The van der Waals surface area contributed by atoms with Gasteiger partial charge in [-0.25, -0.2) is 5.06 Å². The van der Waals surface area contributed by atoms with Gasteiger partial charge in [-0.3, -0.25) is 19.7 Å². The lowest BCUT2D eigenvalue weighted by Crippen LogP contribution is -2.36. The Bertz CT molecular complexity index is 1340. The van der Waals surface area contributed by atoms with E-state index in [0.717, 1.165) is 27.7 Å². The Morgan fingerprint density at radius 1 is 1.06 bits per heavy atom. The molecule has 0 fully saturated rings. The van der Waals surface area contributed by atoms with Crippen molar-refractivity contribution in [1.29, 1.82) is 0 Å². The fourth-order valence-corrected chi connectivity index (χ4v) is 4.01. The van der Waals surface area contributed by atoms with E-state index >= 15 is 0 Å². The molecule has 4 aromatic rings. The lowest BCUT2D eigenvalue weighted by Gasteiger charge is -2.32. The second kappa shape index (κ2) is 9.72. The number of hydroxylamine groups is 2. The first kappa shape index (κ1) is 22.9. The lowest BCUT2D eigenvalue weighted by atomic mass is 9.95. The van der Waals surface area contributed by atoms with Crippen LogP contribution < -0.4 is 0 Å². The summed E-state index contributed by atoms with van der Waals surface area (Å²) in [5.41, 5.74) is 4.52. The van der Waals surface area contributed by atoms with Crippen molar-refractivity contribution in [3.05, 3.63) is 124 Å². The van der Waals surface area contributed by atoms with Crippen molar-refractivity contribution in [2.24, 2.45) is 0 Å². The number of benzene rings is 3. The van der Waals surface area contributed by atoms with Crippen molar-refractivity contribution in [2.45, 2.75) is 26.5 Å². The highest BCUT2D eigenvalue weighted by molar-refractivity contribution is 5.93. The number of nitrogens with zero attached hydrogens (tertiary/aromatic N) is 2. The van der Waals surface area contributed by atoms with Gasteiger partial charge in [0.15, 0.2) is 0 Å². The summed E-state index contributed by atoms with van der Waals surface area (Å²) in [5, 5.41) is 13.5. The Hall–Kier alpha value is -4.23. The van der Waals surface area contributed by atoms with Crippen molar-refractivity contribution in [1.82, 2.24) is 10.0 Å². The number of carbonyl (C=O) groups is 1. The van der Waals surface area contributed by atoms with E-state index in [1.807, 2.05) is 61.5 Å². The summed E-state index contributed by atoms with van der Waals surface area (Å²) in [5.74, 6) is -0.371. The minimum absolute atomic E-state index is 0.0267. The van der Waals surface area contributed by atoms with E-state index in [0.29, 0.717) is 11.1 Å². The number of fused-ring (bicyclic) bond motifs is 1. The van der Waals surface area contributed by atoms with Crippen molar-refractivity contribution in [3.8, 4) is 0 Å². The Balaban J connectivity index is 1.87. The predicted octanol–water partition coefficient (Wildman–Crippen LogP) is 6.01. The first-order chi connectivity index (χ1) is 16.4. The summed E-state index contributed by atoms with van der Waals surface area (Å²) in [7, 11) is 0. The highest BCUT2D eigenvalue weighted by atomic mass is 16.7. The summed E-state index contributed by atoms with van der Waals surface area (Å²) >= 11 is 0. The second-order valence-corrected chi connectivity index (χ2v) is 8.13. The number of H-pyrrole nitrogens is 1. The van der Waals surface area contributed by atoms with Crippen LogP contribution in [0.4, 0.5) is 5.69 Å². The zero-order chi connectivity index (χ0) is 24.2. The average Bonchev–Trinajstić information content (AvgIpc) is 3.17. The molecule has 0 saturated heterocycles.